The van der Waals surface area contributed by atoms with E-state index in [0.717, 1.165) is 22.1 Å². The average Bonchev–Trinajstić information content (AvgIpc) is 2.67. The number of halogens is 1. The molecule has 0 aliphatic heterocycles. The van der Waals surface area contributed by atoms with Gasteiger partial charge in [-0.2, -0.15) is 5.10 Å². The maximum absolute atomic E-state index is 11.8. The molecule has 1 N–H and O–H groups in total. The highest BCUT2D eigenvalue weighted by atomic mass is 35.5. The quantitative estimate of drug-likeness (QED) is 0.528. The van der Waals surface area contributed by atoms with Crippen LogP contribution >= 0.6 is 11.6 Å². The molecule has 0 heterocycles. The summed E-state index contributed by atoms with van der Waals surface area (Å²) in [5.41, 5.74) is 3.31. The SMILES string of the molecule is COc1ccc2cc(/C=N\NC(=O)COc3ccc(Cl)cc3)ccc2c1. The number of hydrazone groups is 1. The highest BCUT2D eigenvalue weighted by Gasteiger charge is 2.02. The van der Waals surface area contributed by atoms with E-state index in [1.165, 1.54) is 0 Å². The van der Waals surface area contributed by atoms with E-state index in [4.69, 9.17) is 21.1 Å². The van der Waals surface area contributed by atoms with Crippen LogP contribution in [0.3, 0.4) is 0 Å². The summed E-state index contributed by atoms with van der Waals surface area (Å²) in [5, 5.41) is 6.70. The third-order valence-corrected chi connectivity index (χ3v) is 3.91. The molecule has 0 saturated carbocycles. The Labute approximate surface area is 156 Å². The Bertz CT molecular complexity index is 939. The molecule has 0 aliphatic rings. The maximum Gasteiger partial charge on any atom is 0.277 e. The zero-order chi connectivity index (χ0) is 18.4. The minimum Gasteiger partial charge on any atom is -0.497 e. The number of ether oxygens (including phenoxy) is 2. The summed E-state index contributed by atoms with van der Waals surface area (Å²) in [6.07, 6.45) is 1.59. The number of amides is 1. The average molecular weight is 369 g/mol. The first-order valence-corrected chi connectivity index (χ1v) is 8.30. The molecule has 5 nitrogen and oxygen atoms in total. The normalized spacial score (nSPS) is 10.8. The smallest absolute Gasteiger partial charge is 0.277 e. The largest absolute Gasteiger partial charge is 0.497 e. The second kappa shape index (κ2) is 8.36. The molecule has 0 aliphatic carbocycles. The fraction of sp³-hybridized carbons (Fsp3) is 0.100. The monoisotopic (exact) mass is 368 g/mol. The van der Waals surface area contributed by atoms with Gasteiger partial charge < -0.3 is 9.47 Å². The van der Waals surface area contributed by atoms with Crippen molar-refractivity contribution in [1.82, 2.24) is 5.43 Å². The summed E-state index contributed by atoms with van der Waals surface area (Å²) in [5.74, 6) is 1.03. The van der Waals surface area contributed by atoms with Crippen LogP contribution in [-0.4, -0.2) is 25.8 Å². The molecule has 0 fully saturated rings. The number of nitrogens with one attached hydrogen (secondary N) is 1. The summed E-state index contributed by atoms with van der Waals surface area (Å²) in [6, 6.07) is 18.5. The van der Waals surface area contributed by atoms with Crippen molar-refractivity contribution in [3.63, 3.8) is 0 Å². The molecular weight excluding hydrogens is 352 g/mol. The molecule has 0 aromatic heterocycles. The number of methoxy groups -OCH3 is 1. The van der Waals surface area contributed by atoms with Crippen LogP contribution in [0.5, 0.6) is 11.5 Å². The van der Waals surface area contributed by atoms with Gasteiger partial charge in [0.25, 0.3) is 5.91 Å². The van der Waals surface area contributed by atoms with E-state index in [1.54, 1.807) is 37.6 Å². The van der Waals surface area contributed by atoms with Crippen molar-refractivity contribution < 1.29 is 14.3 Å². The first kappa shape index (κ1) is 17.8. The molecule has 0 spiro atoms. The number of hydrogen-bond acceptors (Lipinski definition) is 4. The van der Waals surface area contributed by atoms with Gasteiger partial charge in [-0.05, 0) is 58.8 Å². The van der Waals surface area contributed by atoms with Crippen LogP contribution in [0, 0.1) is 0 Å². The molecule has 0 bridgehead atoms. The minimum absolute atomic E-state index is 0.128. The predicted octanol–water partition coefficient (Wildman–Crippen LogP) is 4.03. The fourth-order valence-corrected chi connectivity index (χ4v) is 2.47. The molecule has 132 valence electrons. The Morgan fingerprint density at radius 1 is 1.04 bits per heavy atom. The van der Waals surface area contributed by atoms with Crippen molar-refractivity contribution in [3.05, 3.63) is 71.2 Å². The summed E-state index contributed by atoms with van der Waals surface area (Å²) in [7, 11) is 1.64. The molecule has 3 rings (SSSR count). The Morgan fingerprint density at radius 3 is 2.50 bits per heavy atom. The van der Waals surface area contributed by atoms with Gasteiger partial charge >= 0.3 is 0 Å². The number of rotatable bonds is 6. The van der Waals surface area contributed by atoms with E-state index in [9.17, 15) is 4.79 Å². The summed E-state index contributed by atoms with van der Waals surface area (Å²) in [4.78, 5) is 11.8. The lowest BCUT2D eigenvalue weighted by molar-refractivity contribution is -0.123. The van der Waals surface area contributed by atoms with Gasteiger partial charge in [-0.1, -0.05) is 29.8 Å². The molecule has 3 aromatic rings. The van der Waals surface area contributed by atoms with Gasteiger partial charge in [0.2, 0.25) is 0 Å². The van der Waals surface area contributed by atoms with Crippen LogP contribution in [0.4, 0.5) is 0 Å². The molecule has 0 unspecified atom stereocenters. The number of hydrogen-bond donors (Lipinski definition) is 1. The van der Waals surface area contributed by atoms with Gasteiger partial charge in [-0.25, -0.2) is 5.43 Å². The van der Waals surface area contributed by atoms with Crippen LogP contribution in [-0.2, 0) is 4.79 Å². The first-order chi connectivity index (χ1) is 12.6. The van der Waals surface area contributed by atoms with Crippen LogP contribution < -0.4 is 14.9 Å². The van der Waals surface area contributed by atoms with Crippen LogP contribution in [0.25, 0.3) is 10.8 Å². The number of nitrogens with zero attached hydrogens (tertiary/aromatic N) is 1. The van der Waals surface area contributed by atoms with Crippen molar-refractivity contribution in [3.8, 4) is 11.5 Å². The number of carbonyl (C=O) groups excluding carboxylic acids is 1. The van der Waals surface area contributed by atoms with Crippen molar-refractivity contribution in [2.75, 3.05) is 13.7 Å². The lowest BCUT2D eigenvalue weighted by Gasteiger charge is -2.05. The Hall–Kier alpha value is -3.05. The van der Waals surface area contributed by atoms with E-state index >= 15 is 0 Å². The van der Waals surface area contributed by atoms with Crippen molar-refractivity contribution in [2.24, 2.45) is 5.10 Å². The van der Waals surface area contributed by atoms with E-state index in [2.05, 4.69) is 10.5 Å². The third kappa shape index (κ3) is 4.74. The molecule has 0 radical (unpaired) electrons. The molecular formula is C20H17ClN2O3. The van der Waals surface area contributed by atoms with Gasteiger partial charge in [-0.3, -0.25) is 4.79 Å². The summed E-state index contributed by atoms with van der Waals surface area (Å²) in [6.45, 7) is -0.128. The maximum atomic E-state index is 11.8. The lowest BCUT2D eigenvalue weighted by atomic mass is 10.1. The van der Waals surface area contributed by atoms with Crippen molar-refractivity contribution >= 4 is 34.5 Å². The second-order valence-corrected chi connectivity index (χ2v) is 5.94. The van der Waals surface area contributed by atoms with Crippen LogP contribution in [0.15, 0.2) is 65.8 Å². The van der Waals surface area contributed by atoms with Gasteiger partial charge in [-0.15, -0.1) is 0 Å². The highest BCUT2D eigenvalue weighted by molar-refractivity contribution is 6.30. The van der Waals surface area contributed by atoms with Gasteiger partial charge in [0.15, 0.2) is 6.61 Å². The van der Waals surface area contributed by atoms with E-state index in [0.29, 0.717) is 10.8 Å². The first-order valence-electron chi connectivity index (χ1n) is 7.92. The Balaban J connectivity index is 1.55. The topological polar surface area (TPSA) is 59.9 Å². The molecule has 0 atom stereocenters. The second-order valence-electron chi connectivity index (χ2n) is 5.51. The van der Waals surface area contributed by atoms with Gasteiger partial charge in [0.05, 0.1) is 13.3 Å². The van der Waals surface area contributed by atoms with Gasteiger partial charge in [0, 0.05) is 5.02 Å². The fourth-order valence-electron chi connectivity index (χ4n) is 2.34. The minimum atomic E-state index is -0.346. The van der Waals surface area contributed by atoms with Crippen LogP contribution in [0.1, 0.15) is 5.56 Å². The molecule has 3 aromatic carbocycles. The Kier molecular flexibility index (Phi) is 5.71. The molecule has 26 heavy (non-hydrogen) atoms. The predicted molar refractivity (Wildman–Crippen MR) is 103 cm³/mol. The van der Waals surface area contributed by atoms with Crippen LogP contribution in [0.2, 0.25) is 5.02 Å². The molecule has 6 heteroatoms. The Morgan fingerprint density at radius 2 is 1.73 bits per heavy atom. The zero-order valence-electron chi connectivity index (χ0n) is 14.1. The number of carbonyl (C=O) groups is 1. The van der Waals surface area contributed by atoms with E-state index < -0.39 is 0 Å². The number of benzene rings is 3. The standard InChI is InChI=1S/C20H17ClN2O3/c1-25-19-7-4-15-10-14(2-3-16(15)11-19)12-22-23-20(24)13-26-18-8-5-17(21)6-9-18/h2-12H,13H2,1H3,(H,23,24)/b22-12-. The zero-order valence-corrected chi connectivity index (χ0v) is 14.9. The summed E-state index contributed by atoms with van der Waals surface area (Å²) >= 11 is 5.79. The van der Waals surface area contributed by atoms with Crippen molar-refractivity contribution in [2.45, 2.75) is 0 Å². The van der Waals surface area contributed by atoms with Gasteiger partial charge in [0.1, 0.15) is 11.5 Å². The van der Waals surface area contributed by atoms with Crippen molar-refractivity contribution in [1.29, 1.82) is 0 Å². The van der Waals surface area contributed by atoms with E-state index in [1.807, 2.05) is 36.4 Å². The summed E-state index contributed by atoms with van der Waals surface area (Å²) < 4.78 is 10.6. The number of fused-ring (bicyclic) bond motifs is 1. The molecule has 1 amide bonds. The van der Waals surface area contributed by atoms with E-state index in [-0.39, 0.29) is 12.5 Å². The third-order valence-electron chi connectivity index (χ3n) is 3.66. The molecule has 0 saturated heterocycles. The highest BCUT2D eigenvalue weighted by Crippen LogP contribution is 2.21. The lowest BCUT2D eigenvalue weighted by Crippen LogP contribution is -2.24.